The highest BCUT2D eigenvalue weighted by Gasteiger charge is 2.30. The van der Waals surface area contributed by atoms with E-state index in [1.807, 2.05) is 13.1 Å². The van der Waals surface area contributed by atoms with E-state index >= 15 is 0 Å². The molecule has 1 saturated heterocycles. The Balaban J connectivity index is 1.73. The summed E-state index contributed by atoms with van der Waals surface area (Å²) in [5.41, 5.74) is 0.921. The third kappa shape index (κ3) is 3.66. The Kier molecular flexibility index (Phi) is 4.98. The Morgan fingerprint density at radius 1 is 1.42 bits per heavy atom. The quantitative estimate of drug-likeness (QED) is 0.892. The summed E-state index contributed by atoms with van der Waals surface area (Å²) in [4.78, 5) is -0.0729. The van der Waals surface area contributed by atoms with Crippen molar-refractivity contribution in [1.82, 2.24) is 14.5 Å². The zero-order chi connectivity index (χ0) is 17.2. The number of nitrogens with one attached hydrogen (secondary N) is 1. The van der Waals surface area contributed by atoms with Crippen LogP contribution in [0.5, 0.6) is 0 Å². The van der Waals surface area contributed by atoms with E-state index in [9.17, 15) is 12.8 Å². The SMILES string of the molecule is Cn1nccc1[C@@H]1OCCC[C@H]1CNS(=O)(=O)c1cccc(F)c1. The van der Waals surface area contributed by atoms with Crippen molar-refractivity contribution in [3.8, 4) is 0 Å². The minimum Gasteiger partial charge on any atom is -0.372 e. The van der Waals surface area contributed by atoms with E-state index in [2.05, 4.69) is 9.82 Å². The van der Waals surface area contributed by atoms with Gasteiger partial charge in [0, 0.05) is 32.3 Å². The first-order valence-corrected chi connectivity index (χ1v) is 9.30. The molecule has 1 aliphatic rings. The molecule has 2 heterocycles. The summed E-state index contributed by atoms with van der Waals surface area (Å²) >= 11 is 0. The lowest BCUT2D eigenvalue weighted by Crippen LogP contribution is -2.35. The molecule has 0 aliphatic carbocycles. The number of hydrogen-bond acceptors (Lipinski definition) is 4. The number of hydrogen-bond donors (Lipinski definition) is 1. The van der Waals surface area contributed by atoms with Crippen molar-refractivity contribution in [1.29, 1.82) is 0 Å². The molecule has 0 unspecified atom stereocenters. The predicted molar refractivity (Wildman–Crippen MR) is 86.2 cm³/mol. The van der Waals surface area contributed by atoms with E-state index in [0.717, 1.165) is 24.6 Å². The maximum Gasteiger partial charge on any atom is 0.240 e. The molecule has 1 aliphatic heterocycles. The maximum absolute atomic E-state index is 13.3. The van der Waals surface area contributed by atoms with Gasteiger partial charge in [-0.3, -0.25) is 4.68 Å². The van der Waals surface area contributed by atoms with Gasteiger partial charge in [-0.2, -0.15) is 5.10 Å². The highest BCUT2D eigenvalue weighted by molar-refractivity contribution is 7.89. The van der Waals surface area contributed by atoms with Gasteiger partial charge >= 0.3 is 0 Å². The number of aromatic nitrogens is 2. The van der Waals surface area contributed by atoms with Gasteiger partial charge in [-0.1, -0.05) is 6.07 Å². The van der Waals surface area contributed by atoms with Crippen LogP contribution in [0.25, 0.3) is 0 Å². The second kappa shape index (κ2) is 7.00. The normalized spacial score (nSPS) is 21.8. The largest absolute Gasteiger partial charge is 0.372 e. The van der Waals surface area contributed by atoms with Gasteiger partial charge in [-0.05, 0) is 37.1 Å². The Morgan fingerprint density at radius 2 is 2.25 bits per heavy atom. The Morgan fingerprint density at radius 3 is 2.96 bits per heavy atom. The van der Waals surface area contributed by atoms with Crippen molar-refractivity contribution in [2.75, 3.05) is 13.2 Å². The van der Waals surface area contributed by atoms with Crippen LogP contribution in [-0.4, -0.2) is 31.3 Å². The Hall–Kier alpha value is -1.77. The molecule has 1 aromatic carbocycles. The molecule has 0 amide bonds. The third-order valence-corrected chi connectivity index (χ3v) is 5.66. The summed E-state index contributed by atoms with van der Waals surface area (Å²) in [6, 6.07) is 6.86. The fourth-order valence-electron chi connectivity index (χ4n) is 2.98. The van der Waals surface area contributed by atoms with Crippen molar-refractivity contribution >= 4 is 10.0 Å². The molecule has 0 bridgehead atoms. The van der Waals surface area contributed by atoms with Crippen LogP contribution in [0, 0.1) is 11.7 Å². The molecule has 0 radical (unpaired) electrons. The van der Waals surface area contributed by atoms with Crippen molar-refractivity contribution in [3.05, 3.63) is 48.0 Å². The van der Waals surface area contributed by atoms with Crippen LogP contribution in [-0.2, 0) is 21.8 Å². The van der Waals surface area contributed by atoms with Gasteiger partial charge in [-0.15, -0.1) is 0 Å². The van der Waals surface area contributed by atoms with Gasteiger partial charge < -0.3 is 4.74 Å². The van der Waals surface area contributed by atoms with Crippen molar-refractivity contribution in [3.63, 3.8) is 0 Å². The molecule has 1 aromatic heterocycles. The molecule has 24 heavy (non-hydrogen) atoms. The van der Waals surface area contributed by atoms with Crippen LogP contribution in [0.4, 0.5) is 4.39 Å². The van der Waals surface area contributed by atoms with E-state index in [1.54, 1.807) is 10.9 Å². The molecule has 6 nitrogen and oxygen atoms in total. The first kappa shape index (κ1) is 17.1. The lowest BCUT2D eigenvalue weighted by Gasteiger charge is -2.31. The van der Waals surface area contributed by atoms with Crippen LogP contribution >= 0.6 is 0 Å². The smallest absolute Gasteiger partial charge is 0.240 e. The molecule has 1 fully saturated rings. The van der Waals surface area contributed by atoms with Crippen LogP contribution in [0.1, 0.15) is 24.6 Å². The molecular formula is C16H20FN3O3S. The van der Waals surface area contributed by atoms with E-state index in [-0.39, 0.29) is 23.5 Å². The zero-order valence-corrected chi connectivity index (χ0v) is 14.2. The van der Waals surface area contributed by atoms with Gasteiger partial charge in [0.1, 0.15) is 11.9 Å². The lowest BCUT2D eigenvalue weighted by molar-refractivity contribution is -0.0307. The van der Waals surface area contributed by atoms with Crippen LogP contribution in [0.2, 0.25) is 0 Å². The van der Waals surface area contributed by atoms with Gasteiger partial charge in [0.25, 0.3) is 0 Å². The number of ether oxygens (including phenoxy) is 1. The van der Waals surface area contributed by atoms with Crippen molar-refractivity contribution in [2.24, 2.45) is 13.0 Å². The summed E-state index contributed by atoms with van der Waals surface area (Å²) in [5.74, 6) is -0.580. The van der Waals surface area contributed by atoms with Gasteiger partial charge in [0.15, 0.2) is 0 Å². The van der Waals surface area contributed by atoms with Crippen LogP contribution in [0.15, 0.2) is 41.4 Å². The molecular weight excluding hydrogens is 333 g/mol. The monoisotopic (exact) mass is 353 g/mol. The highest BCUT2D eigenvalue weighted by atomic mass is 32.2. The van der Waals surface area contributed by atoms with E-state index in [4.69, 9.17) is 4.74 Å². The average molecular weight is 353 g/mol. The number of benzene rings is 1. The number of halogens is 1. The highest BCUT2D eigenvalue weighted by Crippen LogP contribution is 2.33. The molecule has 3 rings (SSSR count). The molecule has 0 saturated carbocycles. The van der Waals surface area contributed by atoms with Gasteiger partial charge in [0.2, 0.25) is 10.0 Å². The third-order valence-electron chi connectivity index (χ3n) is 4.24. The summed E-state index contributed by atoms with van der Waals surface area (Å²) in [7, 11) is -1.92. The van der Waals surface area contributed by atoms with E-state index in [0.29, 0.717) is 6.61 Å². The minimum atomic E-state index is -3.75. The number of nitrogens with zero attached hydrogens (tertiary/aromatic N) is 2. The standard InChI is InChI=1S/C16H20FN3O3S/c1-20-15(7-8-18-20)16-12(4-3-9-23-16)11-19-24(21,22)14-6-2-5-13(17)10-14/h2,5-8,10,12,16,19H,3-4,9,11H2,1H3/t12-,16+/m0/s1. The summed E-state index contributed by atoms with van der Waals surface area (Å²) in [6.45, 7) is 0.873. The molecule has 1 N–H and O–H groups in total. The second-order valence-corrected chi connectivity index (χ2v) is 7.65. The lowest BCUT2D eigenvalue weighted by atomic mass is 9.92. The Labute approximate surface area is 140 Å². The number of aryl methyl sites for hydroxylation is 1. The maximum atomic E-state index is 13.3. The van der Waals surface area contributed by atoms with Gasteiger partial charge in [-0.25, -0.2) is 17.5 Å². The molecule has 2 aromatic rings. The van der Waals surface area contributed by atoms with E-state index < -0.39 is 15.8 Å². The summed E-state index contributed by atoms with van der Waals surface area (Å²) in [6.07, 6.45) is 3.21. The first-order chi connectivity index (χ1) is 11.5. The van der Waals surface area contributed by atoms with Gasteiger partial charge in [0.05, 0.1) is 10.6 Å². The number of sulfonamides is 1. The minimum absolute atomic E-state index is 0.00233. The molecule has 8 heteroatoms. The molecule has 2 atom stereocenters. The fraction of sp³-hybridized carbons (Fsp3) is 0.438. The van der Waals surface area contributed by atoms with Crippen LogP contribution < -0.4 is 4.72 Å². The molecule has 130 valence electrons. The fourth-order valence-corrected chi connectivity index (χ4v) is 4.10. The van der Waals surface area contributed by atoms with Crippen LogP contribution in [0.3, 0.4) is 0 Å². The Bertz CT molecular complexity index is 806. The summed E-state index contributed by atoms with van der Waals surface area (Å²) < 4.78 is 48.1. The van der Waals surface area contributed by atoms with Crippen molar-refractivity contribution < 1.29 is 17.5 Å². The van der Waals surface area contributed by atoms with E-state index in [1.165, 1.54) is 18.2 Å². The average Bonchev–Trinajstić information content (AvgIpc) is 2.99. The topological polar surface area (TPSA) is 73.2 Å². The zero-order valence-electron chi connectivity index (χ0n) is 13.4. The first-order valence-electron chi connectivity index (χ1n) is 7.82. The molecule has 0 spiro atoms. The van der Waals surface area contributed by atoms with Crippen molar-refractivity contribution in [2.45, 2.75) is 23.8 Å². The number of rotatable bonds is 5. The predicted octanol–water partition coefficient (Wildman–Crippen LogP) is 2.01. The summed E-state index contributed by atoms with van der Waals surface area (Å²) in [5, 5.41) is 4.15. The second-order valence-electron chi connectivity index (χ2n) is 5.88.